The molecule has 3 amide bonds. The highest BCUT2D eigenvalue weighted by Crippen LogP contribution is 2.27. The van der Waals surface area contributed by atoms with Crippen molar-refractivity contribution in [1.29, 1.82) is 0 Å². The lowest BCUT2D eigenvalue weighted by Gasteiger charge is -2.39. The fraction of sp³-hybridized carbons (Fsp3) is 0.778. The fourth-order valence-electron chi connectivity index (χ4n) is 2.16. The highest BCUT2D eigenvalue weighted by atomic mass is 16.2. The van der Waals surface area contributed by atoms with Crippen molar-refractivity contribution in [2.45, 2.75) is 25.3 Å². The van der Waals surface area contributed by atoms with Gasteiger partial charge in [-0.1, -0.05) is 0 Å². The van der Waals surface area contributed by atoms with Gasteiger partial charge in [0.05, 0.1) is 12.1 Å². The van der Waals surface area contributed by atoms with E-state index in [0.29, 0.717) is 0 Å². The van der Waals surface area contributed by atoms with Gasteiger partial charge >= 0.3 is 6.03 Å². The van der Waals surface area contributed by atoms with E-state index in [9.17, 15) is 9.59 Å². The molecule has 14 heavy (non-hydrogen) atoms. The number of piperidine rings is 1. The Morgan fingerprint density at radius 1 is 1.29 bits per heavy atom. The summed E-state index contributed by atoms with van der Waals surface area (Å²) in [7, 11) is 0. The van der Waals surface area contributed by atoms with Gasteiger partial charge in [0.2, 0.25) is 0 Å². The van der Waals surface area contributed by atoms with Crippen molar-refractivity contribution in [2.24, 2.45) is 0 Å². The Kier molecular flexibility index (Phi) is 2.19. The molecule has 2 aliphatic rings. The van der Waals surface area contributed by atoms with Crippen LogP contribution in [-0.2, 0) is 4.79 Å². The Hall–Kier alpha value is -1.10. The van der Waals surface area contributed by atoms with E-state index < -0.39 is 0 Å². The van der Waals surface area contributed by atoms with Crippen molar-refractivity contribution >= 4 is 11.9 Å². The monoisotopic (exact) mass is 197 g/mol. The first-order chi connectivity index (χ1) is 6.63. The van der Waals surface area contributed by atoms with Gasteiger partial charge in [-0.25, -0.2) is 4.79 Å². The third-order valence-corrected chi connectivity index (χ3v) is 3.06. The van der Waals surface area contributed by atoms with E-state index in [1.807, 2.05) is 6.92 Å². The summed E-state index contributed by atoms with van der Waals surface area (Å²) >= 11 is 0. The summed E-state index contributed by atoms with van der Waals surface area (Å²) in [4.78, 5) is 24.4. The maximum absolute atomic E-state index is 11.5. The number of rotatable bonds is 1. The van der Waals surface area contributed by atoms with Crippen LogP contribution in [0.2, 0.25) is 0 Å². The van der Waals surface area contributed by atoms with Crippen LogP contribution in [-0.4, -0.2) is 42.0 Å². The zero-order valence-electron chi connectivity index (χ0n) is 8.30. The van der Waals surface area contributed by atoms with Crippen LogP contribution in [0.25, 0.3) is 0 Å². The van der Waals surface area contributed by atoms with Crippen LogP contribution in [0.5, 0.6) is 0 Å². The third-order valence-electron chi connectivity index (χ3n) is 3.06. The summed E-state index contributed by atoms with van der Waals surface area (Å²) in [5, 5.41) is 5.78. The van der Waals surface area contributed by atoms with E-state index in [1.165, 1.54) is 4.90 Å². The first kappa shape index (κ1) is 9.45. The number of hydrogen-bond acceptors (Lipinski definition) is 3. The van der Waals surface area contributed by atoms with Gasteiger partial charge in [0.15, 0.2) is 0 Å². The van der Waals surface area contributed by atoms with Crippen LogP contribution in [0, 0.1) is 0 Å². The molecule has 2 fully saturated rings. The minimum atomic E-state index is -0.289. The molecule has 0 bridgehead atoms. The lowest BCUT2D eigenvalue weighted by Crippen LogP contribution is -2.55. The van der Waals surface area contributed by atoms with Crippen LogP contribution in [0.3, 0.4) is 0 Å². The Bertz CT molecular complexity index is 255. The topological polar surface area (TPSA) is 61.4 Å². The van der Waals surface area contributed by atoms with Crippen LogP contribution in [0.15, 0.2) is 0 Å². The summed E-state index contributed by atoms with van der Waals surface area (Å²) in [6.45, 7) is 3.87. The molecule has 0 aliphatic carbocycles. The molecule has 0 unspecified atom stereocenters. The van der Waals surface area contributed by atoms with Crippen molar-refractivity contribution in [1.82, 2.24) is 15.5 Å². The van der Waals surface area contributed by atoms with E-state index in [1.54, 1.807) is 0 Å². The molecule has 0 atom stereocenters. The van der Waals surface area contributed by atoms with Gasteiger partial charge in [0.25, 0.3) is 5.91 Å². The molecular weight excluding hydrogens is 182 g/mol. The van der Waals surface area contributed by atoms with Gasteiger partial charge in [0, 0.05) is 0 Å². The molecule has 5 heteroatoms. The molecule has 2 N–H and O–H groups in total. The van der Waals surface area contributed by atoms with Crippen molar-refractivity contribution in [2.75, 3.05) is 19.6 Å². The summed E-state index contributed by atoms with van der Waals surface area (Å²) in [6, 6.07) is -0.237. The number of carbonyl (C=O) groups excluding carboxylic acids is 2. The summed E-state index contributed by atoms with van der Waals surface area (Å²) < 4.78 is 0. The SMILES string of the molecule is CC1(N2C(=O)CNC2=O)CCNCC1. The number of urea groups is 1. The highest BCUT2D eigenvalue weighted by molar-refractivity contribution is 6.02. The van der Waals surface area contributed by atoms with E-state index >= 15 is 0 Å². The summed E-state index contributed by atoms with van der Waals surface area (Å²) in [5.74, 6) is -0.0978. The van der Waals surface area contributed by atoms with Crippen LogP contribution < -0.4 is 10.6 Å². The molecule has 0 aromatic heterocycles. The standard InChI is InChI=1S/C9H15N3O2/c1-9(2-4-10-5-3-9)12-7(13)6-11-8(12)14/h10H,2-6H2,1H3,(H,11,14). The lowest BCUT2D eigenvalue weighted by molar-refractivity contribution is -0.129. The van der Waals surface area contributed by atoms with Crippen molar-refractivity contribution in [3.63, 3.8) is 0 Å². The molecule has 0 radical (unpaired) electrons. The molecule has 78 valence electrons. The zero-order chi connectivity index (χ0) is 10.2. The molecule has 0 aromatic carbocycles. The predicted molar refractivity (Wildman–Crippen MR) is 50.8 cm³/mol. The maximum atomic E-state index is 11.5. The Labute approximate surface area is 82.8 Å². The van der Waals surface area contributed by atoms with E-state index in [4.69, 9.17) is 0 Å². The van der Waals surface area contributed by atoms with Crippen molar-refractivity contribution < 1.29 is 9.59 Å². The molecular formula is C9H15N3O2. The van der Waals surface area contributed by atoms with Gasteiger partial charge in [-0.05, 0) is 32.9 Å². The first-order valence-electron chi connectivity index (χ1n) is 4.95. The Morgan fingerprint density at radius 3 is 2.43 bits per heavy atom. The minimum absolute atomic E-state index is 0.0978. The molecule has 2 aliphatic heterocycles. The quantitative estimate of drug-likeness (QED) is 0.566. The second kappa shape index (κ2) is 3.24. The van der Waals surface area contributed by atoms with Gasteiger partial charge in [0.1, 0.15) is 0 Å². The third kappa shape index (κ3) is 1.37. The number of hydrogen-bond donors (Lipinski definition) is 2. The molecule has 2 rings (SSSR count). The van der Waals surface area contributed by atoms with Crippen LogP contribution in [0.4, 0.5) is 4.79 Å². The lowest BCUT2D eigenvalue weighted by atomic mass is 9.89. The molecule has 0 spiro atoms. The smallest absolute Gasteiger partial charge is 0.325 e. The van der Waals surface area contributed by atoms with Gasteiger partial charge in [-0.3, -0.25) is 9.69 Å². The Morgan fingerprint density at radius 2 is 1.93 bits per heavy atom. The van der Waals surface area contributed by atoms with Crippen molar-refractivity contribution in [3.8, 4) is 0 Å². The number of carbonyl (C=O) groups is 2. The molecule has 5 nitrogen and oxygen atoms in total. The number of nitrogens with one attached hydrogen (secondary N) is 2. The summed E-state index contributed by atoms with van der Waals surface area (Å²) in [5.41, 5.74) is -0.289. The number of nitrogens with zero attached hydrogens (tertiary/aromatic N) is 1. The van der Waals surface area contributed by atoms with Gasteiger partial charge in [-0.15, -0.1) is 0 Å². The molecule has 2 saturated heterocycles. The maximum Gasteiger partial charge on any atom is 0.325 e. The fourth-order valence-corrected chi connectivity index (χ4v) is 2.16. The average molecular weight is 197 g/mol. The Balaban J connectivity index is 2.18. The van der Waals surface area contributed by atoms with E-state index in [-0.39, 0.29) is 24.0 Å². The van der Waals surface area contributed by atoms with Gasteiger partial charge < -0.3 is 10.6 Å². The van der Waals surface area contributed by atoms with Crippen LogP contribution >= 0.6 is 0 Å². The van der Waals surface area contributed by atoms with Crippen molar-refractivity contribution in [3.05, 3.63) is 0 Å². The number of amides is 3. The summed E-state index contributed by atoms with van der Waals surface area (Å²) in [6.07, 6.45) is 1.68. The second-order valence-electron chi connectivity index (χ2n) is 4.13. The van der Waals surface area contributed by atoms with E-state index in [0.717, 1.165) is 25.9 Å². The zero-order valence-corrected chi connectivity index (χ0v) is 8.30. The number of imide groups is 1. The van der Waals surface area contributed by atoms with Gasteiger partial charge in [-0.2, -0.15) is 0 Å². The van der Waals surface area contributed by atoms with E-state index in [2.05, 4.69) is 10.6 Å². The minimum Gasteiger partial charge on any atom is -0.329 e. The predicted octanol–water partition coefficient (Wildman–Crippen LogP) is -0.320. The highest BCUT2D eigenvalue weighted by Gasteiger charge is 2.43. The molecule has 2 heterocycles. The molecule has 0 saturated carbocycles. The molecule has 0 aromatic rings. The largest absolute Gasteiger partial charge is 0.329 e. The average Bonchev–Trinajstić information content (AvgIpc) is 2.48. The second-order valence-corrected chi connectivity index (χ2v) is 4.13. The van der Waals surface area contributed by atoms with Crippen LogP contribution in [0.1, 0.15) is 19.8 Å². The normalized spacial score (nSPS) is 26.5. The first-order valence-corrected chi connectivity index (χ1v) is 4.95.